The van der Waals surface area contributed by atoms with E-state index in [0.717, 1.165) is 30.3 Å². The van der Waals surface area contributed by atoms with Gasteiger partial charge in [-0.2, -0.15) is 0 Å². The Kier molecular flexibility index (Phi) is 6.33. The first kappa shape index (κ1) is 20.2. The molecule has 2 aromatic rings. The molecule has 2 aromatic carbocycles. The van der Waals surface area contributed by atoms with Gasteiger partial charge in [0.15, 0.2) is 0 Å². The molecule has 0 aromatic heterocycles. The zero-order valence-corrected chi connectivity index (χ0v) is 14.8. The topological polar surface area (TPSA) is 98.7 Å². The second kappa shape index (κ2) is 8.48. The number of phenolic OH excluding ortho intramolecular Hbond substituents is 2. The molecule has 8 heteroatoms. The summed E-state index contributed by atoms with van der Waals surface area (Å²) in [5.74, 6) is -3.71. The lowest BCUT2D eigenvalue weighted by atomic mass is 10.0. The molecule has 0 bridgehead atoms. The molecule has 0 unspecified atom stereocenters. The molecule has 0 spiro atoms. The van der Waals surface area contributed by atoms with Crippen LogP contribution in [-0.4, -0.2) is 28.1 Å². The summed E-state index contributed by atoms with van der Waals surface area (Å²) < 4.78 is 26.4. The number of carbonyl (C=O) groups excluding carboxylic acids is 2. The zero-order chi connectivity index (χ0) is 20.1. The SMILES string of the molecule is CC(C)C[C@H](NC(=O)c1cc(F)ccc1O)C(=O)Nc1ccc(F)cc1O. The highest BCUT2D eigenvalue weighted by atomic mass is 19.1. The van der Waals surface area contributed by atoms with Crippen molar-refractivity contribution in [2.24, 2.45) is 5.92 Å². The molecule has 0 heterocycles. The van der Waals surface area contributed by atoms with Crippen molar-refractivity contribution < 1.29 is 28.6 Å². The first-order valence-electron chi connectivity index (χ1n) is 8.26. The molecule has 0 fully saturated rings. The minimum absolute atomic E-state index is 0.0157. The maximum absolute atomic E-state index is 13.3. The average Bonchev–Trinajstić information content (AvgIpc) is 2.58. The van der Waals surface area contributed by atoms with Crippen LogP contribution in [0.25, 0.3) is 0 Å². The number of nitrogens with one attached hydrogen (secondary N) is 2. The lowest BCUT2D eigenvalue weighted by Gasteiger charge is -2.21. The number of rotatable bonds is 6. The van der Waals surface area contributed by atoms with Gasteiger partial charge in [-0.05, 0) is 42.7 Å². The summed E-state index contributed by atoms with van der Waals surface area (Å²) in [6.45, 7) is 3.67. The third kappa shape index (κ3) is 5.40. The van der Waals surface area contributed by atoms with Crippen LogP contribution in [0.15, 0.2) is 36.4 Å². The fourth-order valence-corrected chi connectivity index (χ4v) is 2.46. The molecule has 0 saturated carbocycles. The lowest BCUT2D eigenvalue weighted by molar-refractivity contribution is -0.118. The first-order valence-corrected chi connectivity index (χ1v) is 8.26. The summed E-state index contributed by atoms with van der Waals surface area (Å²) in [6, 6.07) is 4.98. The molecule has 4 N–H and O–H groups in total. The molecule has 144 valence electrons. The predicted molar refractivity (Wildman–Crippen MR) is 95.5 cm³/mol. The Bertz CT molecular complexity index is 856. The molecular weight excluding hydrogens is 358 g/mol. The van der Waals surface area contributed by atoms with Crippen LogP contribution in [0.1, 0.15) is 30.6 Å². The van der Waals surface area contributed by atoms with E-state index in [1.807, 2.05) is 13.8 Å². The average molecular weight is 378 g/mol. The Hall–Kier alpha value is -3.16. The maximum Gasteiger partial charge on any atom is 0.255 e. The molecule has 27 heavy (non-hydrogen) atoms. The number of hydrogen-bond acceptors (Lipinski definition) is 4. The van der Waals surface area contributed by atoms with Crippen molar-refractivity contribution in [3.05, 3.63) is 53.6 Å². The second-order valence-corrected chi connectivity index (χ2v) is 6.47. The largest absolute Gasteiger partial charge is 0.507 e. The fraction of sp³-hybridized carbons (Fsp3) is 0.263. The molecule has 2 rings (SSSR count). The Morgan fingerprint density at radius 2 is 1.63 bits per heavy atom. The van der Waals surface area contributed by atoms with Gasteiger partial charge in [-0.25, -0.2) is 8.78 Å². The number of halogens is 2. The van der Waals surface area contributed by atoms with Crippen molar-refractivity contribution in [3.63, 3.8) is 0 Å². The van der Waals surface area contributed by atoms with E-state index in [4.69, 9.17) is 0 Å². The van der Waals surface area contributed by atoms with Gasteiger partial charge in [-0.1, -0.05) is 13.8 Å². The van der Waals surface area contributed by atoms with Gasteiger partial charge in [0.05, 0.1) is 11.3 Å². The highest BCUT2D eigenvalue weighted by Gasteiger charge is 2.24. The van der Waals surface area contributed by atoms with Crippen molar-refractivity contribution in [2.45, 2.75) is 26.3 Å². The van der Waals surface area contributed by atoms with Gasteiger partial charge < -0.3 is 20.8 Å². The van der Waals surface area contributed by atoms with Crippen molar-refractivity contribution in [2.75, 3.05) is 5.32 Å². The molecule has 0 radical (unpaired) electrons. The second-order valence-electron chi connectivity index (χ2n) is 6.47. The molecule has 0 aliphatic heterocycles. The summed E-state index contributed by atoms with van der Waals surface area (Å²) in [5.41, 5.74) is -0.320. The summed E-state index contributed by atoms with van der Waals surface area (Å²) >= 11 is 0. The number of benzene rings is 2. The van der Waals surface area contributed by atoms with Crippen LogP contribution in [0.2, 0.25) is 0 Å². The van der Waals surface area contributed by atoms with Crippen LogP contribution in [0.5, 0.6) is 11.5 Å². The van der Waals surface area contributed by atoms with Crippen LogP contribution in [0, 0.1) is 17.6 Å². The van der Waals surface area contributed by atoms with E-state index in [9.17, 15) is 28.6 Å². The molecule has 0 aliphatic carbocycles. The third-order valence-corrected chi connectivity index (χ3v) is 3.75. The Balaban J connectivity index is 2.19. The van der Waals surface area contributed by atoms with E-state index < -0.39 is 41.0 Å². The monoisotopic (exact) mass is 378 g/mol. The molecule has 6 nitrogen and oxygen atoms in total. The van der Waals surface area contributed by atoms with Crippen LogP contribution < -0.4 is 10.6 Å². The fourth-order valence-electron chi connectivity index (χ4n) is 2.46. The normalized spacial score (nSPS) is 11.9. The van der Waals surface area contributed by atoms with Crippen molar-refractivity contribution in [3.8, 4) is 11.5 Å². The number of aromatic hydroxyl groups is 2. The highest BCUT2D eigenvalue weighted by molar-refractivity contribution is 6.02. The third-order valence-electron chi connectivity index (χ3n) is 3.75. The van der Waals surface area contributed by atoms with Gasteiger partial charge in [0.1, 0.15) is 29.2 Å². The molecule has 2 amide bonds. The van der Waals surface area contributed by atoms with Gasteiger partial charge >= 0.3 is 0 Å². The van der Waals surface area contributed by atoms with E-state index in [-0.39, 0.29) is 23.6 Å². The van der Waals surface area contributed by atoms with Gasteiger partial charge in [0.2, 0.25) is 5.91 Å². The highest BCUT2D eigenvalue weighted by Crippen LogP contribution is 2.24. The summed E-state index contributed by atoms with van der Waals surface area (Å²) in [4.78, 5) is 24.9. The van der Waals surface area contributed by atoms with E-state index in [1.165, 1.54) is 6.07 Å². The minimum Gasteiger partial charge on any atom is -0.507 e. The zero-order valence-electron chi connectivity index (χ0n) is 14.8. The maximum atomic E-state index is 13.3. The number of carbonyl (C=O) groups is 2. The molecule has 0 saturated heterocycles. The van der Waals surface area contributed by atoms with Gasteiger partial charge in [-0.15, -0.1) is 0 Å². The lowest BCUT2D eigenvalue weighted by Crippen LogP contribution is -2.44. The smallest absolute Gasteiger partial charge is 0.255 e. The van der Waals surface area contributed by atoms with Crippen LogP contribution in [-0.2, 0) is 4.79 Å². The van der Waals surface area contributed by atoms with E-state index in [1.54, 1.807) is 0 Å². The van der Waals surface area contributed by atoms with Crippen molar-refractivity contribution in [1.29, 1.82) is 0 Å². The first-order chi connectivity index (χ1) is 12.7. The van der Waals surface area contributed by atoms with Crippen molar-refractivity contribution in [1.82, 2.24) is 5.32 Å². The Morgan fingerprint density at radius 1 is 1.00 bits per heavy atom. The number of hydrogen-bond donors (Lipinski definition) is 4. The standard InChI is InChI=1S/C19H20F2N2O4/c1-10(2)7-15(19(27)22-14-5-3-12(21)9-17(14)25)23-18(26)13-8-11(20)4-6-16(13)24/h3-6,8-10,15,24-25H,7H2,1-2H3,(H,22,27)(H,23,26)/t15-/m0/s1. The van der Waals surface area contributed by atoms with E-state index in [2.05, 4.69) is 10.6 Å². The van der Waals surface area contributed by atoms with Crippen LogP contribution >= 0.6 is 0 Å². The molecular formula is C19H20F2N2O4. The van der Waals surface area contributed by atoms with E-state index in [0.29, 0.717) is 0 Å². The molecule has 1 atom stereocenters. The molecule has 0 aliphatic rings. The van der Waals surface area contributed by atoms with E-state index >= 15 is 0 Å². The predicted octanol–water partition coefficient (Wildman–Crippen LogP) is 3.16. The van der Waals surface area contributed by atoms with Gasteiger partial charge in [-0.3, -0.25) is 9.59 Å². The minimum atomic E-state index is -1.02. The number of amides is 2. The Morgan fingerprint density at radius 3 is 2.26 bits per heavy atom. The summed E-state index contributed by atoms with van der Waals surface area (Å²) in [6.07, 6.45) is 0.246. The summed E-state index contributed by atoms with van der Waals surface area (Å²) in [5, 5.41) is 24.3. The van der Waals surface area contributed by atoms with Crippen LogP contribution in [0.4, 0.5) is 14.5 Å². The number of phenols is 2. The van der Waals surface area contributed by atoms with Crippen molar-refractivity contribution >= 4 is 17.5 Å². The van der Waals surface area contributed by atoms with Crippen LogP contribution in [0.3, 0.4) is 0 Å². The quantitative estimate of drug-likeness (QED) is 0.580. The summed E-state index contributed by atoms with van der Waals surface area (Å²) in [7, 11) is 0. The Labute approximate surface area is 154 Å². The number of anilines is 1. The van der Waals surface area contributed by atoms with Gasteiger partial charge in [0.25, 0.3) is 5.91 Å². The van der Waals surface area contributed by atoms with Gasteiger partial charge in [0, 0.05) is 6.07 Å².